The summed E-state index contributed by atoms with van der Waals surface area (Å²) in [7, 11) is 0. The van der Waals surface area contributed by atoms with E-state index in [4.69, 9.17) is 9.47 Å². The van der Waals surface area contributed by atoms with Crippen LogP contribution in [-0.2, 0) is 9.47 Å². The minimum absolute atomic E-state index is 0. The predicted octanol–water partition coefficient (Wildman–Crippen LogP) is 1.79. The summed E-state index contributed by atoms with van der Waals surface area (Å²) in [5.74, 6) is 0. The van der Waals surface area contributed by atoms with Gasteiger partial charge in [-0.25, -0.2) is 0 Å². The second kappa shape index (κ2) is 8.72. The highest BCUT2D eigenvalue weighted by atomic mass is 16.5. The standard InChI is InChI=1S/2C5H6O.B/c2*1-2-4-6-5-3-1;/h2*1-4H,5H2;. The normalized spacial score (nSPS) is 16.0. The summed E-state index contributed by atoms with van der Waals surface area (Å²) in [6.45, 7) is 1.47. The smallest absolute Gasteiger partial charge is 0.106 e. The molecule has 0 amide bonds. The van der Waals surface area contributed by atoms with Crippen LogP contribution in [0.3, 0.4) is 0 Å². The molecule has 0 unspecified atom stereocenters. The third-order valence-electron chi connectivity index (χ3n) is 1.23. The van der Waals surface area contributed by atoms with E-state index in [9.17, 15) is 0 Å². The van der Waals surface area contributed by atoms with Crippen LogP contribution < -0.4 is 0 Å². The molecule has 2 aliphatic heterocycles. The molecule has 2 aliphatic rings. The summed E-state index contributed by atoms with van der Waals surface area (Å²) in [5.41, 5.74) is 0. The van der Waals surface area contributed by atoms with Gasteiger partial charge in [-0.05, 0) is 24.3 Å². The second-order valence-electron chi connectivity index (χ2n) is 2.18. The van der Waals surface area contributed by atoms with Gasteiger partial charge in [-0.1, -0.05) is 12.2 Å². The lowest BCUT2D eigenvalue weighted by molar-refractivity contribution is 0.286. The molecule has 0 fully saturated rings. The van der Waals surface area contributed by atoms with Crippen LogP contribution in [-0.4, -0.2) is 21.6 Å². The van der Waals surface area contributed by atoms with Gasteiger partial charge in [-0.2, -0.15) is 0 Å². The Morgan fingerprint density at radius 2 is 1.15 bits per heavy atom. The van der Waals surface area contributed by atoms with Crippen molar-refractivity contribution in [3.63, 3.8) is 0 Å². The molecule has 0 N–H and O–H groups in total. The zero-order chi connectivity index (χ0) is 8.49. The van der Waals surface area contributed by atoms with Crippen molar-refractivity contribution in [1.29, 1.82) is 0 Å². The van der Waals surface area contributed by atoms with Crippen LogP contribution in [0.1, 0.15) is 0 Å². The van der Waals surface area contributed by atoms with Crippen LogP contribution in [0, 0.1) is 0 Å². The Hall–Kier alpha value is -1.38. The average Bonchev–Trinajstić information content (AvgIpc) is 2.24. The summed E-state index contributed by atoms with van der Waals surface area (Å²) >= 11 is 0. The fraction of sp³-hybridized carbons (Fsp3) is 0.200. The summed E-state index contributed by atoms with van der Waals surface area (Å²) in [5, 5.41) is 0. The van der Waals surface area contributed by atoms with Gasteiger partial charge in [0.15, 0.2) is 0 Å². The third kappa shape index (κ3) is 7.00. The minimum Gasteiger partial charge on any atom is -0.497 e. The van der Waals surface area contributed by atoms with E-state index in [0.29, 0.717) is 0 Å². The quantitative estimate of drug-likeness (QED) is 0.522. The number of hydrogen-bond donors (Lipinski definition) is 0. The Labute approximate surface area is 80.8 Å². The Morgan fingerprint density at radius 3 is 1.23 bits per heavy atom. The number of hydrogen-bond acceptors (Lipinski definition) is 2. The summed E-state index contributed by atoms with van der Waals surface area (Å²) in [4.78, 5) is 0. The SMILES string of the molecule is C1=CCOC=C1.C1=CCOC=C1.[B]. The van der Waals surface area contributed by atoms with Gasteiger partial charge in [0.25, 0.3) is 0 Å². The minimum atomic E-state index is 0. The van der Waals surface area contributed by atoms with Crippen LogP contribution in [0.2, 0.25) is 0 Å². The van der Waals surface area contributed by atoms with E-state index in [1.165, 1.54) is 0 Å². The lowest BCUT2D eigenvalue weighted by Crippen LogP contribution is -1.82. The first-order valence-electron chi connectivity index (χ1n) is 3.87. The van der Waals surface area contributed by atoms with Crippen LogP contribution in [0.4, 0.5) is 0 Å². The van der Waals surface area contributed by atoms with E-state index in [1.54, 1.807) is 12.5 Å². The summed E-state index contributed by atoms with van der Waals surface area (Å²) in [6, 6.07) is 0. The maximum Gasteiger partial charge on any atom is 0.106 e. The van der Waals surface area contributed by atoms with Crippen LogP contribution in [0.5, 0.6) is 0 Å². The fourth-order valence-electron chi connectivity index (χ4n) is 0.692. The van der Waals surface area contributed by atoms with Gasteiger partial charge >= 0.3 is 0 Å². The van der Waals surface area contributed by atoms with Crippen molar-refractivity contribution in [3.05, 3.63) is 49.0 Å². The number of ether oxygens (including phenoxy) is 2. The van der Waals surface area contributed by atoms with Gasteiger partial charge in [0, 0.05) is 8.41 Å². The highest BCUT2D eigenvalue weighted by Crippen LogP contribution is 1.87. The topological polar surface area (TPSA) is 18.5 Å². The van der Waals surface area contributed by atoms with Gasteiger partial charge in [0.05, 0.1) is 12.5 Å². The van der Waals surface area contributed by atoms with Crippen molar-refractivity contribution in [3.8, 4) is 0 Å². The van der Waals surface area contributed by atoms with Crippen LogP contribution in [0.15, 0.2) is 49.0 Å². The molecule has 67 valence electrons. The van der Waals surface area contributed by atoms with Gasteiger partial charge in [-0.3, -0.25) is 0 Å². The van der Waals surface area contributed by atoms with Gasteiger partial charge in [0.2, 0.25) is 0 Å². The molecule has 13 heavy (non-hydrogen) atoms. The van der Waals surface area contributed by atoms with E-state index < -0.39 is 0 Å². The largest absolute Gasteiger partial charge is 0.497 e. The first-order valence-corrected chi connectivity index (χ1v) is 3.87. The predicted molar refractivity (Wildman–Crippen MR) is 54.2 cm³/mol. The Balaban J connectivity index is 0.000000206. The molecule has 0 spiro atoms. The van der Waals surface area contributed by atoms with Crippen LogP contribution in [0.25, 0.3) is 0 Å². The van der Waals surface area contributed by atoms with Gasteiger partial charge < -0.3 is 9.47 Å². The molecule has 0 aromatic heterocycles. The van der Waals surface area contributed by atoms with Gasteiger partial charge in [0.1, 0.15) is 13.2 Å². The van der Waals surface area contributed by atoms with Crippen molar-refractivity contribution >= 4 is 8.41 Å². The van der Waals surface area contributed by atoms with E-state index in [2.05, 4.69) is 0 Å². The second-order valence-corrected chi connectivity index (χ2v) is 2.18. The molecule has 0 aromatic rings. The van der Waals surface area contributed by atoms with E-state index in [1.807, 2.05) is 36.5 Å². The molecular weight excluding hydrogens is 163 g/mol. The third-order valence-corrected chi connectivity index (χ3v) is 1.23. The van der Waals surface area contributed by atoms with Crippen molar-refractivity contribution in [2.75, 3.05) is 13.2 Å². The van der Waals surface area contributed by atoms with Crippen molar-refractivity contribution in [2.45, 2.75) is 0 Å². The molecule has 2 nitrogen and oxygen atoms in total. The van der Waals surface area contributed by atoms with Crippen molar-refractivity contribution < 1.29 is 9.47 Å². The lowest BCUT2D eigenvalue weighted by atomic mass is 10.5. The molecule has 2 rings (SSSR count). The molecule has 3 radical (unpaired) electrons. The summed E-state index contributed by atoms with van der Waals surface area (Å²) in [6.07, 6.45) is 14.9. The number of rotatable bonds is 0. The zero-order valence-corrected chi connectivity index (χ0v) is 7.43. The Kier molecular flexibility index (Phi) is 7.80. The fourth-order valence-corrected chi connectivity index (χ4v) is 0.692. The molecular formula is C10H12BO2. The summed E-state index contributed by atoms with van der Waals surface area (Å²) < 4.78 is 9.60. The maximum absolute atomic E-state index is 4.80. The molecule has 0 aromatic carbocycles. The molecule has 3 heteroatoms. The highest BCUT2D eigenvalue weighted by Gasteiger charge is 1.76. The van der Waals surface area contributed by atoms with E-state index in [-0.39, 0.29) is 8.41 Å². The zero-order valence-electron chi connectivity index (χ0n) is 7.43. The number of allylic oxidation sites excluding steroid dienone is 4. The molecule has 0 bridgehead atoms. The van der Waals surface area contributed by atoms with Crippen molar-refractivity contribution in [1.82, 2.24) is 0 Å². The van der Waals surface area contributed by atoms with E-state index in [0.717, 1.165) is 13.2 Å². The highest BCUT2D eigenvalue weighted by molar-refractivity contribution is 5.75. The van der Waals surface area contributed by atoms with E-state index >= 15 is 0 Å². The first kappa shape index (κ1) is 11.6. The molecule has 0 saturated heterocycles. The molecule has 0 atom stereocenters. The molecule has 2 heterocycles. The Morgan fingerprint density at radius 1 is 0.692 bits per heavy atom. The van der Waals surface area contributed by atoms with Gasteiger partial charge in [-0.15, -0.1) is 0 Å². The average molecular weight is 175 g/mol. The molecule has 0 aliphatic carbocycles. The lowest BCUT2D eigenvalue weighted by Gasteiger charge is -1.94. The Bertz CT molecular complexity index is 169. The monoisotopic (exact) mass is 175 g/mol. The van der Waals surface area contributed by atoms with Crippen LogP contribution >= 0.6 is 0 Å². The van der Waals surface area contributed by atoms with Crippen molar-refractivity contribution in [2.24, 2.45) is 0 Å². The maximum atomic E-state index is 4.80. The molecule has 0 saturated carbocycles. The first-order chi connectivity index (χ1) is 6.00.